The van der Waals surface area contributed by atoms with Gasteiger partial charge in [0.1, 0.15) is 0 Å². The lowest BCUT2D eigenvalue weighted by Crippen LogP contribution is -2.35. The highest BCUT2D eigenvalue weighted by atomic mass is 16.1. The fraction of sp³-hybridized carbons (Fsp3) is 0.462. The standard InChI is InChI=1S/C13H16N4O/c18-9-10-4-5-13-15-12(16-17(13)8-10)7-11-3-1-2-6-14-11/h4-5,8-9,11,14H,1-3,6-7H2. The molecule has 3 rings (SSSR count). The third-order valence-corrected chi connectivity index (χ3v) is 3.38. The van der Waals surface area contributed by atoms with Crippen LogP contribution in [0.15, 0.2) is 18.3 Å². The second kappa shape index (κ2) is 4.86. The number of pyridine rings is 1. The average molecular weight is 244 g/mol. The van der Waals surface area contributed by atoms with Gasteiger partial charge in [0.15, 0.2) is 17.8 Å². The van der Waals surface area contributed by atoms with Crippen LogP contribution in [-0.2, 0) is 6.42 Å². The van der Waals surface area contributed by atoms with Crippen LogP contribution in [0.5, 0.6) is 0 Å². The van der Waals surface area contributed by atoms with E-state index in [1.165, 1.54) is 19.3 Å². The minimum absolute atomic E-state index is 0.488. The molecule has 1 saturated heterocycles. The Balaban J connectivity index is 1.81. The number of hydrogen-bond acceptors (Lipinski definition) is 4. The molecule has 3 heterocycles. The molecule has 5 heteroatoms. The SMILES string of the molecule is O=Cc1ccc2nc(CC3CCCCN3)nn2c1. The summed E-state index contributed by atoms with van der Waals surface area (Å²) >= 11 is 0. The maximum absolute atomic E-state index is 10.7. The summed E-state index contributed by atoms with van der Waals surface area (Å²) in [7, 11) is 0. The topological polar surface area (TPSA) is 59.3 Å². The predicted octanol–water partition coefficient (Wildman–Crippen LogP) is 1.23. The number of nitrogens with zero attached hydrogens (tertiary/aromatic N) is 3. The number of rotatable bonds is 3. The lowest BCUT2D eigenvalue weighted by Gasteiger charge is -2.21. The van der Waals surface area contributed by atoms with Crippen molar-refractivity contribution < 1.29 is 4.79 Å². The highest BCUT2D eigenvalue weighted by Crippen LogP contribution is 2.11. The lowest BCUT2D eigenvalue weighted by molar-refractivity contribution is 0.112. The Morgan fingerprint density at radius 2 is 2.39 bits per heavy atom. The molecular formula is C13H16N4O. The smallest absolute Gasteiger partial charge is 0.155 e. The predicted molar refractivity (Wildman–Crippen MR) is 67.7 cm³/mol. The number of aldehydes is 1. The molecule has 2 aromatic rings. The van der Waals surface area contributed by atoms with Gasteiger partial charge in [-0.1, -0.05) is 6.42 Å². The van der Waals surface area contributed by atoms with E-state index in [0.717, 1.165) is 30.7 Å². The van der Waals surface area contributed by atoms with Gasteiger partial charge in [-0.05, 0) is 31.5 Å². The zero-order valence-electron chi connectivity index (χ0n) is 10.2. The van der Waals surface area contributed by atoms with Gasteiger partial charge in [0, 0.05) is 24.2 Å². The number of fused-ring (bicyclic) bond motifs is 1. The van der Waals surface area contributed by atoms with Gasteiger partial charge in [0.05, 0.1) is 0 Å². The van der Waals surface area contributed by atoms with Crippen molar-refractivity contribution in [3.05, 3.63) is 29.7 Å². The number of nitrogens with one attached hydrogen (secondary N) is 1. The first-order valence-corrected chi connectivity index (χ1v) is 6.39. The summed E-state index contributed by atoms with van der Waals surface area (Å²) < 4.78 is 1.68. The zero-order chi connectivity index (χ0) is 12.4. The van der Waals surface area contributed by atoms with Gasteiger partial charge < -0.3 is 5.32 Å². The van der Waals surface area contributed by atoms with Crippen molar-refractivity contribution >= 4 is 11.9 Å². The van der Waals surface area contributed by atoms with E-state index >= 15 is 0 Å². The van der Waals surface area contributed by atoms with E-state index < -0.39 is 0 Å². The number of aromatic nitrogens is 3. The third kappa shape index (κ3) is 2.26. The van der Waals surface area contributed by atoms with Gasteiger partial charge in [0.2, 0.25) is 0 Å². The molecule has 0 bridgehead atoms. The molecule has 0 radical (unpaired) electrons. The summed E-state index contributed by atoms with van der Waals surface area (Å²) in [6, 6.07) is 4.08. The fourth-order valence-electron chi connectivity index (χ4n) is 2.42. The van der Waals surface area contributed by atoms with Gasteiger partial charge in [-0.3, -0.25) is 4.79 Å². The molecule has 18 heavy (non-hydrogen) atoms. The quantitative estimate of drug-likeness (QED) is 0.825. The highest BCUT2D eigenvalue weighted by molar-refractivity contribution is 5.74. The highest BCUT2D eigenvalue weighted by Gasteiger charge is 2.15. The molecule has 0 aromatic carbocycles. The average Bonchev–Trinajstić information content (AvgIpc) is 2.80. The van der Waals surface area contributed by atoms with Crippen molar-refractivity contribution in [1.29, 1.82) is 0 Å². The minimum Gasteiger partial charge on any atom is -0.314 e. The van der Waals surface area contributed by atoms with Crippen LogP contribution in [0.1, 0.15) is 35.4 Å². The molecular weight excluding hydrogens is 228 g/mol. The van der Waals surface area contributed by atoms with Crippen molar-refractivity contribution in [2.24, 2.45) is 0 Å². The van der Waals surface area contributed by atoms with Gasteiger partial charge in [-0.15, -0.1) is 0 Å². The molecule has 1 atom stereocenters. The molecule has 0 saturated carbocycles. The van der Waals surface area contributed by atoms with Crippen molar-refractivity contribution in [3.8, 4) is 0 Å². The van der Waals surface area contributed by atoms with E-state index in [0.29, 0.717) is 11.6 Å². The molecule has 0 amide bonds. The molecule has 0 aliphatic carbocycles. The summed E-state index contributed by atoms with van der Waals surface area (Å²) in [5, 5.41) is 7.91. The first-order valence-electron chi connectivity index (χ1n) is 6.39. The first kappa shape index (κ1) is 11.3. The van der Waals surface area contributed by atoms with Crippen LogP contribution in [-0.4, -0.2) is 33.5 Å². The van der Waals surface area contributed by atoms with E-state index in [1.54, 1.807) is 16.8 Å². The number of carbonyl (C=O) groups is 1. The molecule has 0 spiro atoms. The Morgan fingerprint density at radius 1 is 1.44 bits per heavy atom. The molecule has 1 aliphatic heterocycles. The number of carbonyl (C=O) groups excluding carboxylic acids is 1. The Bertz CT molecular complexity index is 557. The molecule has 5 nitrogen and oxygen atoms in total. The van der Waals surface area contributed by atoms with Gasteiger partial charge >= 0.3 is 0 Å². The molecule has 1 N–H and O–H groups in total. The van der Waals surface area contributed by atoms with Crippen molar-refractivity contribution in [2.45, 2.75) is 31.7 Å². The summed E-state index contributed by atoms with van der Waals surface area (Å²) in [5.74, 6) is 0.845. The number of piperidine rings is 1. The largest absolute Gasteiger partial charge is 0.314 e. The summed E-state index contributed by atoms with van der Waals surface area (Å²) in [6.07, 6.45) is 7.13. The fourth-order valence-corrected chi connectivity index (χ4v) is 2.42. The van der Waals surface area contributed by atoms with Crippen molar-refractivity contribution in [3.63, 3.8) is 0 Å². The van der Waals surface area contributed by atoms with Crippen molar-refractivity contribution in [1.82, 2.24) is 19.9 Å². The van der Waals surface area contributed by atoms with Crippen LogP contribution in [0.3, 0.4) is 0 Å². The molecule has 94 valence electrons. The van der Waals surface area contributed by atoms with Gasteiger partial charge in [-0.2, -0.15) is 5.10 Å². The van der Waals surface area contributed by atoms with Crippen LogP contribution in [0.2, 0.25) is 0 Å². The lowest BCUT2D eigenvalue weighted by atomic mass is 10.0. The van der Waals surface area contributed by atoms with Gasteiger partial charge in [0.25, 0.3) is 0 Å². The van der Waals surface area contributed by atoms with Crippen LogP contribution in [0, 0.1) is 0 Å². The Hall–Kier alpha value is -1.75. The van der Waals surface area contributed by atoms with Gasteiger partial charge in [-0.25, -0.2) is 9.50 Å². The van der Waals surface area contributed by atoms with E-state index in [9.17, 15) is 4.79 Å². The Morgan fingerprint density at radius 3 is 3.17 bits per heavy atom. The van der Waals surface area contributed by atoms with Crippen LogP contribution in [0.25, 0.3) is 5.65 Å². The van der Waals surface area contributed by atoms with Crippen LogP contribution in [0.4, 0.5) is 0 Å². The minimum atomic E-state index is 0.488. The van der Waals surface area contributed by atoms with E-state index in [-0.39, 0.29) is 0 Å². The number of hydrogen-bond donors (Lipinski definition) is 1. The first-order chi connectivity index (χ1) is 8.85. The second-order valence-corrected chi connectivity index (χ2v) is 4.76. The summed E-state index contributed by atoms with van der Waals surface area (Å²) in [4.78, 5) is 15.2. The normalized spacial score (nSPS) is 20.1. The Labute approximate surface area is 105 Å². The van der Waals surface area contributed by atoms with E-state index in [2.05, 4.69) is 15.4 Å². The van der Waals surface area contributed by atoms with Crippen LogP contribution < -0.4 is 5.32 Å². The summed E-state index contributed by atoms with van der Waals surface area (Å²) in [6.45, 7) is 1.09. The molecule has 2 aromatic heterocycles. The summed E-state index contributed by atoms with van der Waals surface area (Å²) in [5.41, 5.74) is 1.42. The molecule has 1 aliphatic rings. The third-order valence-electron chi connectivity index (χ3n) is 3.38. The van der Waals surface area contributed by atoms with E-state index in [4.69, 9.17) is 0 Å². The molecule has 1 fully saturated rings. The molecule has 1 unspecified atom stereocenters. The maximum atomic E-state index is 10.7. The second-order valence-electron chi connectivity index (χ2n) is 4.76. The van der Waals surface area contributed by atoms with Crippen LogP contribution >= 0.6 is 0 Å². The Kier molecular flexibility index (Phi) is 3.06. The monoisotopic (exact) mass is 244 g/mol. The van der Waals surface area contributed by atoms with Crippen molar-refractivity contribution in [2.75, 3.05) is 6.54 Å². The van der Waals surface area contributed by atoms with E-state index in [1.807, 2.05) is 6.07 Å². The maximum Gasteiger partial charge on any atom is 0.155 e. The zero-order valence-corrected chi connectivity index (χ0v) is 10.2.